The molecule has 0 fully saturated rings. The summed E-state index contributed by atoms with van der Waals surface area (Å²) in [5.74, 6) is 1.36. The molecule has 0 saturated heterocycles. The Balaban J connectivity index is 1.60. The molecular weight excluding hydrogens is 458 g/mol. The summed E-state index contributed by atoms with van der Waals surface area (Å²) in [5.41, 5.74) is 3.12. The highest BCUT2D eigenvalue weighted by molar-refractivity contribution is 7.80. The molecule has 0 bridgehead atoms. The molecule has 1 aliphatic rings. The van der Waals surface area contributed by atoms with Crippen molar-refractivity contribution in [1.82, 2.24) is 5.01 Å². The highest BCUT2D eigenvalue weighted by atomic mass is 32.1. The minimum atomic E-state index is -0.185. The lowest BCUT2D eigenvalue weighted by Gasteiger charge is -2.26. The van der Waals surface area contributed by atoms with Crippen LogP contribution >= 0.6 is 12.2 Å². The predicted molar refractivity (Wildman–Crippen MR) is 144 cm³/mol. The Labute approximate surface area is 209 Å². The third kappa shape index (κ3) is 4.26. The summed E-state index contributed by atoms with van der Waals surface area (Å²) in [6.45, 7) is 0. The van der Waals surface area contributed by atoms with E-state index in [9.17, 15) is 5.11 Å². The van der Waals surface area contributed by atoms with E-state index in [-0.39, 0.29) is 11.8 Å². The van der Waals surface area contributed by atoms with E-state index in [1.165, 1.54) is 0 Å². The molecular formula is C28H25N3O3S. The number of fused-ring (bicyclic) bond motifs is 1. The number of para-hydroxylation sites is 2. The Hall–Kier alpha value is -4.10. The number of ether oxygens (including phenoxy) is 2. The van der Waals surface area contributed by atoms with Crippen molar-refractivity contribution >= 4 is 39.5 Å². The van der Waals surface area contributed by atoms with Crippen LogP contribution in [-0.2, 0) is 0 Å². The Morgan fingerprint density at radius 2 is 1.60 bits per heavy atom. The van der Waals surface area contributed by atoms with Gasteiger partial charge in [-0.2, -0.15) is 5.10 Å². The number of phenolic OH excluding ortho intramolecular Hbond substituents is 1. The molecule has 4 aromatic rings. The number of aromatic hydroxyl groups is 1. The van der Waals surface area contributed by atoms with Crippen LogP contribution in [0, 0.1) is 0 Å². The molecule has 1 aliphatic heterocycles. The molecule has 176 valence electrons. The Kier molecular flexibility index (Phi) is 6.25. The Bertz CT molecular complexity index is 1430. The lowest BCUT2D eigenvalue weighted by atomic mass is 9.93. The van der Waals surface area contributed by atoms with Gasteiger partial charge in [-0.25, -0.2) is 5.01 Å². The number of phenols is 1. The molecule has 35 heavy (non-hydrogen) atoms. The minimum absolute atomic E-state index is 0.116. The van der Waals surface area contributed by atoms with Gasteiger partial charge in [0.15, 0.2) is 5.11 Å². The molecule has 0 aliphatic carbocycles. The maximum absolute atomic E-state index is 10.7. The fourth-order valence-corrected chi connectivity index (χ4v) is 4.81. The van der Waals surface area contributed by atoms with E-state index in [1.54, 1.807) is 26.4 Å². The highest BCUT2D eigenvalue weighted by Crippen LogP contribution is 2.40. The fourth-order valence-electron chi connectivity index (χ4n) is 4.53. The zero-order chi connectivity index (χ0) is 24.4. The lowest BCUT2D eigenvalue weighted by molar-refractivity contribution is 0.377. The number of methoxy groups -OCH3 is 2. The van der Waals surface area contributed by atoms with E-state index in [0.29, 0.717) is 34.3 Å². The van der Waals surface area contributed by atoms with Gasteiger partial charge in [0.25, 0.3) is 0 Å². The van der Waals surface area contributed by atoms with E-state index in [1.807, 2.05) is 53.5 Å². The quantitative estimate of drug-likeness (QED) is 0.334. The normalized spacial score (nSPS) is 15.1. The van der Waals surface area contributed by atoms with Crippen molar-refractivity contribution in [3.05, 3.63) is 96.1 Å². The summed E-state index contributed by atoms with van der Waals surface area (Å²) < 4.78 is 11.0. The number of benzene rings is 4. The SMILES string of the molecule is COc1ccccc1NC(=S)N1N=C(c2c(O)cccc2OC)CC1c1cccc2ccccc12. The topological polar surface area (TPSA) is 66.3 Å². The maximum atomic E-state index is 10.7. The van der Waals surface area contributed by atoms with Crippen molar-refractivity contribution in [2.24, 2.45) is 5.10 Å². The van der Waals surface area contributed by atoms with Crippen LogP contribution in [-0.4, -0.2) is 35.2 Å². The molecule has 0 spiro atoms. The third-order valence-corrected chi connectivity index (χ3v) is 6.45. The molecule has 7 heteroatoms. The van der Waals surface area contributed by atoms with E-state index < -0.39 is 0 Å². The zero-order valence-corrected chi connectivity index (χ0v) is 20.3. The van der Waals surface area contributed by atoms with Gasteiger partial charge in [0.2, 0.25) is 0 Å². The molecule has 0 radical (unpaired) electrons. The number of thiocarbonyl (C=S) groups is 1. The largest absolute Gasteiger partial charge is 0.507 e. The van der Waals surface area contributed by atoms with Crippen LogP contribution in [0.15, 0.2) is 90.0 Å². The lowest BCUT2D eigenvalue weighted by Crippen LogP contribution is -2.31. The number of nitrogens with zero attached hydrogens (tertiary/aromatic N) is 2. The number of hydrazone groups is 1. The molecule has 0 amide bonds. The molecule has 1 heterocycles. The van der Waals surface area contributed by atoms with Gasteiger partial charge in [-0.15, -0.1) is 0 Å². The first-order valence-corrected chi connectivity index (χ1v) is 11.7. The molecule has 1 atom stereocenters. The summed E-state index contributed by atoms with van der Waals surface area (Å²) >= 11 is 5.86. The number of anilines is 1. The summed E-state index contributed by atoms with van der Waals surface area (Å²) in [4.78, 5) is 0. The van der Waals surface area contributed by atoms with Crippen LogP contribution in [0.4, 0.5) is 5.69 Å². The van der Waals surface area contributed by atoms with E-state index in [0.717, 1.165) is 22.0 Å². The smallest absolute Gasteiger partial charge is 0.194 e. The number of nitrogens with one attached hydrogen (secondary N) is 1. The van der Waals surface area contributed by atoms with E-state index >= 15 is 0 Å². The summed E-state index contributed by atoms with van der Waals surface area (Å²) in [6.07, 6.45) is 0.537. The number of rotatable bonds is 5. The summed E-state index contributed by atoms with van der Waals surface area (Å²) in [6, 6.07) is 27.1. The molecule has 4 aromatic carbocycles. The average molecular weight is 484 g/mol. The molecule has 5 rings (SSSR count). The molecule has 6 nitrogen and oxygen atoms in total. The van der Waals surface area contributed by atoms with Crippen LogP contribution in [0.25, 0.3) is 10.8 Å². The second-order valence-corrected chi connectivity index (χ2v) is 8.55. The van der Waals surface area contributed by atoms with E-state index in [2.05, 4.69) is 29.6 Å². The monoisotopic (exact) mass is 483 g/mol. The second kappa shape index (κ2) is 9.64. The van der Waals surface area contributed by atoms with E-state index in [4.69, 9.17) is 26.8 Å². The van der Waals surface area contributed by atoms with Gasteiger partial charge in [0.05, 0.1) is 37.2 Å². The molecule has 0 saturated carbocycles. The van der Waals surface area contributed by atoms with Crippen LogP contribution in [0.5, 0.6) is 17.2 Å². The van der Waals surface area contributed by atoms with Crippen molar-refractivity contribution in [1.29, 1.82) is 0 Å². The van der Waals surface area contributed by atoms with Crippen LogP contribution in [0.2, 0.25) is 0 Å². The second-order valence-electron chi connectivity index (χ2n) is 8.16. The first kappa shape index (κ1) is 22.7. The molecule has 1 unspecified atom stereocenters. The summed E-state index contributed by atoms with van der Waals surface area (Å²) in [7, 11) is 3.21. The van der Waals surface area contributed by atoms with Crippen molar-refractivity contribution in [3.8, 4) is 17.2 Å². The fraction of sp³-hybridized carbons (Fsp3) is 0.143. The molecule has 2 N–H and O–H groups in total. The van der Waals surface area contributed by atoms with Gasteiger partial charge < -0.3 is 19.9 Å². The van der Waals surface area contributed by atoms with Crippen molar-refractivity contribution in [3.63, 3.8) is 0 Å². The Morgan fingerprint density at radius 1 is 0.914 bits per heavy atom. The summed E-state index contributed by atoms with van der Waals surface area (Å²) in [5, 5.41) is 23.4. The predicted octanol–water partition coefficient (Wildman–Crippen LogP) is 6.11. The van der Waals surface area contributed by atoms with Crippen molar-refractivity contribution in [2.75, 3.05) is 19.5 Å². The third-order valence-electron chi connectivity index (χ3n) is 6.16. The first-order valence-electron chi connectivity index (χ1n) is 11.3. The van der Waals surface area contributed by atoms with Gasteiger partial charge in [0.1, 0.15) is 17.2 Å². The van der Waals surface area contributed by atoms with Gasteiger partial charge in [-0.05, 0) is 52.8 Å². The number of hydrogen-bond acceptors (Lipinski definition) is 5. The van der Waals surface area contributed by atoms with Crippen molar-refractivity contribution in [2.45, 2.75) is 12.5 Å². The highest BCUT2D eigenvalue weighted by Gasteiger charge is 2.34. The van der Waals surface area contributed by atoms with Gasteiger partial charge >= 0.3 is 0 Å². The Morgan fingerprint density at radius 3 is 2.43 bits per heavy atom. The zero-order valence-electron chi connectivity index (χ0n) is 19.4. The van der Waals surface area contributed by atoms with Crippen LogP contribution < -0.4 is 14.8 Å². The van der Waals surface area contributed by atoms with Gasteiger partial charge in [-0.3, -0.25) is 0 Å². The standard InChI is InChI=1S/C28H25N3O3S/c1-33-25-15-6-5-13-21(25)29-28(35)31-23(20-12-7-10-18-9-3-4-11-19(18)20)17-22(30-31)27-24(32)14-8-16-26(27)34-2/h3-16,23,32H,17H2,1-2H3,(H,29,35). The average Bonchev–Trinajstić information content (AvgIpc) is 3.33. The maximum Gasteiger partial charge on any atom is 0.194 e. The van der Waals surface area contributed by atoms with Crippen molar-refractivity contribution < 1.29 is 14.6 Å². The van der Waals surface area contributed by atoms with Gasteiger partial charge in [0, 0.05) is 6.42 Å². The first-order chi connectivity index (χ1) is 17.1. The van der Waals surface area contributed by atoms with Crippen LogP contribution in [0.3, 0.4) is 0 Å². The molecule has 0 aromatic heterocycles. The van der Waals surface area contributed by atoms with Gasteiger partial charge in [-0.1, -0.05) is 60.7 Å². The van der Waals surface area contributed by atoms with Crippen LogP contribution in [0.1, 0.15) is 23.6 Å². The number of hydrogen-bond donors (Lipinski definition) is 2. The minimum Gasteiger partial charge on any atom is -0.507 e.